The Labute approximate surface area is 113 Å². The number of hydrogen-bond donors (Lipinski definition) is 3. The zero-order valence-electron chi connectivity index (χ0n) is 11.2. The van der Waals surface area contributed by atoms with Crippen LogP contribution in [0.3, 0.4) is 0 Å². The molecule has 4 N–H and O–H groups in total. The molecule has 0 saturated carbocycles. The van der Waals surface area contributed by atoms with Gasteiger partial charge >= 0.3 is 0 Å². The summed E-state index contributed by atoms with van der Waals surface area (Å²) >= 11 is 0. The molecule has 0 radical (unpaired) electrons. The highest BCUT2D eigenvalue weighted by molar-refractivity contribution is 6.10. The first-order valence-electron chi connectivity index (χ1n) is 6.26. The summed E-state index contributed by atoms with van der Waals surface area (Å²) in [5, 5.41) is 18.9. The van der Waals surface area contributed by atoms with Crippen LogP contribution in [0.2, 0.25) is 0 Å². The summed E-state index contributed by atoms with van der Waals surface area (Å²) < 4.78 is 0. The van der Waals surface area contributed by atoms with E-state index in [-0.39, 0.29) is 18.5 Å². The molecule has 1 atom stereocenters. The Morgan fingerprint density at radius 2 is 1.89 bits per heavy atom. The lowest BCUT2D eigenvalue weighted by Gasteiger charge is -2.27. The second-order valence-electron chi connectivity index (χ2n) is 4.73. The third-order valence-electron chi connectivity index (χ3n) is 3.50. The number of benzene rings is 2. The molecule has 2 aromatic rings. The van der Waals surface area contributed by atoms with Crippen molar-refractivity contribution in [2.24, 2.45) is 5.73 Å². The van der Waals surface area contributed by atoms with Crippen molar-refractivity contribution in [2.75, 3.05) is 18.6 Å². The van der Waals surface area contributed by atoms with Gasteiger partial charge in [0.25, 0.3) is 0 Å². The third kappa shape index (κ3) is 2.39. The van der Waals surface area contributed by atoms with E-state index in [0.29, 0.717) is 0 Å². The molecule has 0 aliphatic rings. The smallest absolute Gasteiger partial charge is 0.123 e. The summed E-state index contributed by atoms with van der Waals surface area (Å²) in [4.78, 5) is 2.03. The normalized spacial score (nSPS) is 12.4. The molecule has 0 amide bonds. The predicted molar refractivity (Wildman–Crippen MR) is 79.9 cm³/mol. The Balaban J connectivity index is 2.65. The number of nitrogens with one attached hydrogen (secondary N) is 1. The van der Waals surface area contributed by atoms with Gasteiger partial charge in [0.05, 0.1) is 6.61 Å². The highest BCUT2D eigenvalue weighted by atomic mass is 16.3. The minimum absolute atomic E-state index is 0.0339. The van der Waals surface area contributed by atoms with Crippen molar-refractivity contribution in [2.45, 2.75) is 13.0 Å². The van der Waals surface area contributed by atoms with E-state index in [2.05, 4.69) is 0 Å². The van der Waals surface area contributed by atoms with E-state index in [1.54, 1.807) is 0 Å². The van der Waals surface area contributed by atoms with Crippen molar-refractivity contribution in [3.05, 3.63) is 42.0 Å². The van der Waals surface area contributed by atoms with Crippen molar-refractivity contribution < 1.29 is 5.11 Å². The van der Waals surface area contributed by atoms with Crippen LogP contribution in [0.4, 0.5) is 5.69 Å². The van der Waals surface area contributed by atoms with Crippen LogP contribution < -0.4 is 10.6 Å². The van der Waals surface area contributed by atoms with Gasteiger partial charge in [-0.05, 0) is 24.4 Å². The molecule has 1 unspecified atom stereocenters. The lowest BCUT2D eigenvalue weighted by atomic mass is 10.0. The summed E-state index contributed by atoms with van der Waals surface area (Å²) in [6.07, 6.45) is 0. The van der Waals surface area contributed by atoms with E-state index in [1.807, 2.05) is 55.3 Å². The SMILES string of the molecule is CC(CO)N(C)c1ccc(C(=N)N)c2ccccc12. The molecular formula is C15H19N3O. The molecule has 0 bridgehead atoms. The predicted octanol–water partition coefficient (Wildman–Crippen LogP) is 1.94. The highest BCUT2D eigenvalue weighted by Gasteiger charge is 2.14. The van der Waals surface area contributed by atoms with Gasteiger partial charge in [0.15, 0.2) is 0 Å². The number of rotatable bonds is 4. The van der Waals surface area contributed by atoms with Crippen LogP contribution >= 0.6 is 0 Å². The van der Waals surface area contributed by atoms with Gasteiger partial charge in [-0.2, -0.15) is 0 Å². The number of anilines is 1. The third-order valence-corrected chi connectivity index (χ3v) is 3.50. The maximum absolute atomic E-state index is 9.29. The first-order valence-corrected chi connectivity index (χ1v) is 6.26. The lowest BCUT2D eigenvalue weighted by molar-refractivity contribution is 0.270. The first-order chi connectivity index (χ1) is 9.06. The standard InChI is InChI=1S/C15H19N3O/c1-10(9-19)18(2)14-8-7-13(15(16)17)11-5-3-4-6-12(11)14/h3-8,10,19H,9H2,1-2H3,(H3,16,17). The molecular weight excluding hydrogens is 238 g/mol. The van der Waals surface area contributed by atoms with Crippen LogP contribution in [0.1, 0.15) is 12.5 Å². The van der Waals surface area contributed by atoms with E-state index < -0.39 is 0 Å². The maximum atomic E-state index is 9.29. The minimum Gasteiger partial charge on any atom is -0.394 e. The van der Waals surface area contributed by atoms with Crippen molar-refractivity contribution >= 4 is 22.3 Å². The largest absolute Gasteiger partial charge is 0.394 e. The molecule has 2 rings (SSSR count). The van der Waals surface area contributed by atoms with Crippen molar-refractivity contribution in [1.82, 2.24) is 0 Å². The molecule has 0 aliphatic heterocycles. The Morgan fingerprint density at radius 1 is 1.26 bits per heavy atom. The number of fused-ring (bicyclic) bond motifs is 1. The number of aliphatic hydroxyl groups is 1. The number of amidine groups is 1. The average molecular weight is 257 g/mol. The van der Waals surface area contributed by atoms with E-state index in [1.165, 1.54) is 0 Å². The maximum Gasteiger partial charge on any atom is 0.123 e. The highest BCUT2D eigenvalue weighted by Crippen LogP contribution is 2.29. The summed E-state index contributed by atoms with van der Waals surface area (Å²) in [6.45, 7) is 2.06. The number of nitrogens with two attached hydrogens (primary N) is 1. The molecule has 0 fully saturated rings. The van der Waals surface area contributed by atoms with Gasteiger partial charge in [-0.3, -0.25) is 5.41 Å². The van der Waals surface area contributed by atoms with Crippen LogP contribution in [0.15, 0.2) is 36.4 Å². The average Bonchev–Trinajstić information content (AvgIpc) is 2.44. The molecule has 0 saturated heterocycles. The Kier molecular flexibility index (Phi) is 3.71. The summed E-state index contributed by atoms with van der Waals surface area (Å²) in [7, 11) is 1.95. The van der Waals surface area contributed by atoms with Gasteiger partial charge in [0.2, 0.25) is 0 Å². The Morgan fingerprint density at radius 3 is 2.47 bits per heavy atom. The molecule has 4 nitrogen and oxygen atoms in total. The van der Waals surface area contributed by atoms with Crippen molar-refractivity contribution in [3.8, 4) is 0 Å². The zero-order valence-corrected chi connectivity index (χ0v) is 11.2. The monoisotopic (exact) mass is 257 g/mol. The van der Waals surface area contributed by atoms with Crippen LogP contribution in [-0.4, -0.2) is 30.6 Å². The van der Waals surface area contributed by atoms with Gasteiger partial charge in [-0.25, -0.2) is 0 Å². The number of hydrogen-bond acceptors (Lipinski definition) is 3. The molecule has 0 spiro atoms. The fraction of sp³-hybridized carbons (Fsp3) is 0.267. The van der Waals surface area contributed by atoms with E-state index in [4.69, 9.17) is 11.1 Å². The topological polar surface area (TPSA) is 73.3 Å². The fourth-order valence-corrected chi connectivity index (χ4v) is 2.19. The molecule has 0 heterocycles. The van der Waals surface area contributed by atoms with Crippen molar-refractivity contribution in [3.63, 3.8) is 0 Å². The summed E-state index contributed by atoms with van der Waals surface area (Å²) in [5.74, 6) is 0.0700. The van der Waals surface area contributed by atoms with E-state index >= 15 is 0 Å². The van der Waals surface area contributed by atoms with Gasteiger partial charge in [0, 0.05) is 29.7 Å². The fourth-order valence-electron chi connectivity index (χ4n) is 2.19. The Hall–Kier alpha value is -2.07. The van der Waals surface area contributed by atoms with Gasteiger partial charge < -0.3 is 15.7 Å². The second-order valence-corrected chi connectivity index (χ2v) is 4.73. The van der Waals surface area contributed by atoms with E-state index in [9.17, 15) is 5.11 Å². The van der Waals surface area contributed by atoms with Crippen molar-refractivity contribution in [1.29, 1.82) is 5.41 Å². The Bertz CT molecular complexity index is 609. The molecule has 0 aromatic heterocycles. The number of nitrogen functional groups attached to an aromatic ring is 1. The lowest BCUT2D eigenvalue weighted by Crippen LogP contribution is -2.32. The van der Waals surface area contributed by atoms with Gasteiger partial charge in [0.1, 0.15) is 5.84 Å². The molecule has 4 heteroatoms. The van der Waals surface area contributed by atoms with E-state index in [0.717, 1.165) is 22.0 Å². The molecule has 19 heavy (non-hydrogen) atoms. The first kappa shape index (κ1) is 13.4. The second kappa shape index (κ2) is 5.28. The van der Waals surface area contributed by atoms with Crippen LogP contribution in [-0.2, 0) is 0 Å². The molecule has 2 aromatic carbocycles. The number of aliphatic hydroxyl groups excluding tert-OH is 1. The van der Waals surface area contributed by atoms with Gasteiger partial charge in [-0.15, -0.1) is 0 Å². The quantitative estimate of drug-likeness (QED) is 0.579. The number of likely N-dealkylation sites (N-methyl/N-ethyl adjacent to an activating group) is 1. The molecule has 0 aliphatic carbocycles. The van der Waals surface area contributed by atoms with Crippen LogP contribution in [0.25, 0.3) is 10.8 Å². The van der Waals surface area contributed by atoms with Crippen LogP contribution in [0.5, 0.6) is 0 Å². The van der Waals surface area contributed by atoms with Crippen LogP contribution in [0, 0.1) is 5.41 Å². The van der Waals surface area contributed by atoms with Gasteiger partial charge in [-0.1, -0.05) is 24.3 Å². The molecule has 100 valence electrons. The summed E-state index contributed by atoms with van der Waals surface area (Å²) in [5.41, 5.74) is 7.39. The summed E-state index contributed by atoms with van der Waals surface area (Å²) in [6, 6.07) is 11.7. The zero-order chi connectivity index (χ0) is 14.0. The minimum atomic E-state index is 0.0339. The number of nitrogens with zero attached hydrogens (tertiary/aromatic N) is 1.